The molecule has 0 amide bonds. The van der Waals surface area contributed by atoms with E-state index in [0.29, 0.717) is 5.56 Å². The third-order valence-corrected chi connectivity index (χ3v) is 10.7. The SMILES string of the molecule is C.CC(C)(C)N1Cc2cc(F)c(C(=O)O)cc2S1(=O)=O.CCOC(=O)c1cc2c(cc1F)CN(C(C)(C)C)S2(=O)=O. The van der Waals surface area contributed by atoms with Gasteiger partial charge >= 0.3 is 11.9 Å². The van der Waals surface area contributed by atoms with E-state index in [1.54, 1.807) is 48.5 Å². The Kier molecular flexibility index (Phi) is 9.51. The average molecular weight is 619 g/mol. The number of carboxylic acid groups (broad SMARTS) is 1. The molecular formula is C27H36F2N2O8S2. The Balaban J connectivity index is 0.000000281. The zero-order valence-electron chi connectivity index (χ0n) is 23.2. The van der Waals surface area contributed by atoms with Crippen molar-refractivity contribution in [1.29, 1.82) is 0 Å². The molecule has 2 heterocycles. The molecule has 0 bridgehead atoms. The first-order chi connectivity index (χ1) is 18.1. The van der Waals surface area contributed by atoms with E-state index in [1.165, 1.54) is 8.61 Å². The summed E-state index contributed by atoms with van der Waals surface area (Å²) in [4.78, 5) is 22.4. The number of carbonyl (C=O) groups is 2. The number of sulfonamides is 2. The molecule has 2 aromatic carbocycles. The molecule has 0 spiro atoms. The lowest BCUT2D eigenvalue weighted by atomic mass is 10.1. The fourth-order valence-electron chi connectivity index (χ4n) is 4.36. The van der Waals surface area contributed by atoms with E-state index in [-0.39, 0.29) is 48.0 Å². The number of hydrogen-bond acceptors (Lipinski definition) is 7. The van der Waals surface area contributed by atoms with E-state index < -0.39 is 60.3 Å². The Morgan fingerprint density at radius 3 is 1.51 bits per heavy atom. The Morgan fingerprint density at radius 1 is 0.805 bits per heavy atom. The molecule has 0 atom stereocenters. The second-order valence-electron chi connectivity index (χ2n) is 11.3. The second-order valence-corrected chi connectivity index (χ2v) is 14.9. The molecule has 2 aliphatic heterocycles. The number of fused-ring (bicyclic) bond motifs is 2. The maximum absolute atomic E-state index is 14.0. The molecule has 0 aliphatic carbocycles. The molecule has 228 valence electrons. The van der Waals surface area contributed by atoms with Crippen LogP contribution in [-0.2, 0) is 37.9 Å². The summed E-state index contributed by atoms with van der Waals surface area (Å²) in [6, 6.07) is 4.06. The van der Waals surface area contributed by atoms with Crippen molar-refractivity contribution >= 4 is 32.0 Å². The van der Waals surface area contributed by atoms with Gasteiger partial charge in [0.15, 0.2) is 0 Å². The van der Waals surface area contributed by atoms with Crippen LogP contribution in [0.3, 0.4) is 0 Å². The van der Waals surface area contributed by atoms with Crippen LogP contribution in [0, 0.1) is 11.6 Å². The van der Waals surface area contributed by atoms with E-state index in [0.717, 1.165) is 24.3 Å². The standard InChI is InChI=1S/C14H18FNO4S.C12H14FNO4S.CH4/c1-5-20-13(17)10-7-12-9(6-11(10)15)8-16(14(2,3)4)21(12,18)19;1-12(2,3)14-6-7-4-9(13)8(11(15)16)5-10(7)19(14,17)18;/h6-7H,5,8H2,1-4H3;4-5H,6H2,1-3H3,(H,15,16);1H4. The van der Waals surface area contributed by atoms with Gasteiger partial charge in [0.25, 0.3) is 0 Å². The minimum atomic E-state index is -3.77. The summed E-state index contributed by atoms with van der Waals surface area (Å²) in [6.45, 7) is 12.3. The number of carbonyl (C=O) groups excluding carboxylic acids is 1. The van der Waals surface area contributed by atoms with Gasteiger partial charge in [-0.1, -0.05) is 7.43 Å². The molecule has 41 heavy (non-hydrogen) atoms. The van der Waals surface area contributed by atoms with Crippen LogP contribution in [0.1, 0.15) is 87.7 Å². The Morgan fingerprint density at radius 2 is 1.17 bits per heavy atom. The molecule has 1 N–H and O–H groups in total. The number of halogens is 2. The van der Waals surface area contributed by atoms with Crippen LogP contribution >= 0.6 is 0 Å². The first-order valence-corrected chi connectivity index (χ1v) is 15.1. The summed E-state index contributed by atoms with van der Waals surface area (Å²) in [5, 5.41) is 8.84. The van der Waals surface area contributed by atoms with Gasteiger partial charge in [-0.05, 0) is 83.9 Å². The van der Waals surface area contributed by atoms with Gasteiger partial charge in [-0.2, -0.15) is 8.61 Å². The average Bonchev–Trinajstić information content (AvgIpc) is 3.21. The lowest BCUT2D eigenvalue weighted by Gasteiger charge is -2.29. The summed E-state index contributed by atoms with van der Waals surface area (Å²) in [5.74, 6) is -4.03. The third-order valence-electron chi connectivity index (χ3n) is 6.29. The molecule has 2 aromatic rings. The predicted octanol–water partition coefficient (Wildman–Crippen LogP) is 4.77. The summed E-state index contributed by atoms with van der Waals surface area (Å²) in [6.07, 6.45) is 0. The summed E-state index contributed by atoms with van der Waals surface area (Å²) in [7, 11) is -7.51. The van der Waals surface area contributed by atoms with Gasteiger partial charge in [0.05, 0.1) is 27.5 Å². The molecule has 0 unspecified atom stereocenters. The zero-order valence-corrected chi connectivity index (χ0v) is 24.8. The number of esters is 1. The van der Waals surface area contributed by atoms with Crippen LogP contribution in [0.5, 0.6) is 0 Å². The van der Waals surface area contributed by atoms with Crippen molar-refractivity contribution in [3.8, 4) is 0 Å². The fraction of sp³-hybridized carbons (Fsp3) is 0.481. The number of benzene rings is 2. The molecule has 0 fully saturated rings. The van der Waals surface area contributed by atoms with Crippen LogP contribution in [0.2, 0.25) is 0 Å². The van der Waals surface area contributed by atoms with Gasteiger partial charge < -0.3 is 9.84 Å². The Labute approximate surface area is 240 Å². The van der Waals surface area contributed by atoms with Gasteiger partial charge in [-0.3, -0.25) is 0 Å². The molecule has 0 saturated heterocycles. The van der Waals surface area contributed by atoms with Crippen molar-refractivity contribution in [2.24, 2.45) is 0 Å². The summed E-state index contributed by atoms with van der Waals surface area (Å²) < 4.78 is 84.5. The van der Waals surface area contributed by atoms with Crippen molar-refractivity contribution in [3.05, 3.63) is 58.2 Å². The number of aromatic carboxylic acids is 1. The van der Waals surface area contributed by atoms with E-state index in [2.05, 4.69) is 0 Å². The highest BCUT2D eigenvalue weighted by Crippen LogP contribution is 2.38. The highest BCUT2D eigenvalue weighted by molar-refractivity contribution is 7.89. The maximum atomic E-state index is 14.0. The van der Waals surface area contributed by atoms with Crippen molar-refractivity contribution in [1.82, 2.24) is 8.61 Å². The smallest absolute Gasteiger partial charge is 0.341 e. The second kappa shape index (κ2) is 11.4. The number of rotatable bonds is 3. The van der Waals surface area contributed by atoms with Crippen molar-refractivity contribution in [2.45, 2.75) is 89.9 Å². The van der Waals surface area contributed by atoms with Crippen molar-refractivity contribution in [2.75, 3.05) is 6.61 Å². The maximum Gasteiger partial charge on any atom is 0.341 e. The lowest BCUT2D eigenvalue weighted by Crippen LogP contribution is -2.41. The van der Waals surface area contributed by atoms with Gasteiger partial charge in [0.1, 0.15) is 11.6 Å². The van der Waals surface area contributed by atoms with Crippen LogP contribution in [-0.4, -0.2) is 60.2 Å². The van der Waals surface area contributed by atoms with Crippen molar-refractivity contribution < 1.29 is 45.0 Å². The molecule has 0 aromatic heterocycles. The minimum Gasteiger partial charge on any atom is -0.478 e. The highest BCUT2D eigenvalue weighted by atomic mass is 32.2. The number of carboxylic acids is 1. The first-order valence-electron chi connectivity index (χ1n) is 12.2. The number of nitrogens with zero attached hydrogens (tertiary/aromatic N) is 2. The van der Waals surface area contributed by atoms with Gasteiger partial charge in [-0.15, -0.1) is 0 Å². The molecule has 2 aliphatic rings. The molecular weight excluding hydrogens is 582 g/mol. The summed E-state index contributed by atoms with van der Waals surface area (Å²) >= 11 is 0. The third kappa shape index (κ3) is 6.45. The Bertz CT molecular complexity index is 1590. The molecule has 0 saturated carbocycles. The van der Waals surface area contributed by atoms with Crippen LogP contribution in [0.4, 0.5) is 8.78 Å². The predicted molar refractivity (Wildman–Crippen MR) is 147 cm³/mol. The quantitative estimate of drug-likeness (QED) is 0.486. The number of hydrogen-bond donors (Lipinski definition) is 1. The normalized spacial score (nSPS) is 17.5. The van der Waals surface area contributed by atoms with E-state index in [4.69, 9.17) is 9.84 Å². The number of ether oxygens (including phenoxy) is 1. The zero-order chi connectivity index (χ0) is 30.6. The molecule has 4 rings (SSSR count). The summed E-state index contributed by atoms with van der Waals surface area (Å²) in [5.41, 5.74) is -1.61. The fourth-order valence-corrected chi connectivity index (χ4v) is 8.34. The minimum absolute atomic E-state index is 0. The molecule has 10 nitrogen and oxygen atoms in total. The van der Waals surface area contributed by atoms with E-state index in [1.807, 2.05) is 0 Å². The monoisotopic (exact) mass is 618 g/mol. The highest BCUT2D eigenvalue weighted by Gasteiger charge is 2.43. The van der Waals surface area contributed by atoms with E-state index in [9.17, 15) is 35.2 Å². The largest absolute Gasteiger partial charge is 0.478 e. The van der Waals surface area contributed by atoms with Gasteiger partial charge in [0.2, 0.25) is 20.0 Å². The Hall–Kier alpha value is -2.94. The van der Waals surface area contributed by atoms with Gasteiger partial charge in [0, 0.05) is 24.2 Å². The van der Waals surface area contributed by atoms with Crippen LogP contribution in [0.15, 0.2) is 34.1 Å². The van der Waals surface area contributed by atoms with E-state index >= 15 is 0 Å². The molecule has 14 heteroatoms. The first kappa shape index (κ1) is 34.3. The molecule has 0 radical (unpaired) electrons. The van der Waals surface area contributed by atoms with Crippen LogP contribution in [0.25, 0.3) is 0 Å². The van der Waals surface area contributed by atoms with Crippen molar-refractivity contribution in [3.63, 3.8) is 0 Å². The van der Waals surface area contributed by atoms with Gasteiger partial charge in [-0.25, -0.2) is 35.2 Å². The lowest BCUT2D eigenvalue weighted by molar-refractivity contribution is 0.0520. The topological polar surface area (TPSA) is 138 Å². The van der Waals surface area contributed by atoms with Crippen LogP contribution < -0.4 is 0 Å².